The summed E-state index contributed by atoms with van der Waals surface area (Å²) in [5.74, 6) is 0.605. The van der Waals surface area contributed by atoms with Gasteiger partial charge in [0, 0.05) is 11.3 Å². The zero-order chi connectivity index (χ0) is 13.9. The summed E-state index contributed by atoms with van der Waals surface area (Å²) in [4.78, 5) is 6.61. The molecule has 20 heavy (non-hydrogen) atoms. The second-order valence-electron chi connectivity index (χ2n) is 4.80. The maximum Gasteiger partial charge on any atom is 0.129 e. The second kappa shape index (κ2) is 5.35. The molecule has 4 heteroatoms. The Morgan fingerprint density at radius 1 is 1.00 bits per heavy atom. The quantitative estimate of drug-likeness (QED) is 0.893. The van der Waals surface area contributed by atoms with Crippen molar-refractivity contribution >= 4 is 17.2 Å². The number of fused-ring (bicyclic) bond motifs is 1. The van der Waals surface area contributed by atoms with E-state index in [2.05, 4.69) is 28.1 Å². The van der Waals surface area contributed by atoms with Crippen molar-refractivity contribution in [2.45, 2.75) is 6.42 Å². The molecule has 0 aliphatic carbocycles. The zero-order valence-electron chi connectivity index (χ0n) is 11.3. The van der Waals surface area contributed by atoms with Gasteiger partial charge in [-0.25, -0.2) is 4.99 Å². The van der Waals surface area contributed by atoms with Crippen molar-refractivity contribution in [3.8, 4) is 0 Å². The highest BCUT2D eigenvalue weighted by atomic mass is 15.2. The van der Waals surface area contributed by atoms with Crippen LogP contribution in [0.15, 0.2) is 53.5 Å². The van der Waals surface area contributed by atoms with Gasteiger partial charge in [0.1, 0.15) is 12.5 Å². The van der Waals surface area contributed by atoms with Crippen LogP contribution in [0.25, 0.3) is 0 Å². The summed E-state index contributed by atoms with van der Waals surface area (Å²) in [5.41, 5.74) is 16.2. The van der Waals surface area contributed by atoms with Crippen LogP contribution in [0.5, 0.6) is 0 Å². The van der Waals surface area contributed by atoms with Crippen molar-refractivity contribution in [1.29, 1.82) is 0 Å². The first-order valence-corrected chi connectivity index (χ1v) is 6.76. The molecule has 0 aromatic heterocycles. The van der Waals surface area contributed by atoms with Crippen LogP contribution < -0.4 is 16.4 Å². The van der Waals surface area contributed by atoms with E-state index in [0.717, 1.165) is 23.4 Å². The van der Waals surface area contributed by atoms with E-state index in [0.29, 0.717) is 19.0 Å². The van der Waals surface area contributed by atoms with Gasteiger partial charge in [0.2, 0.25) is 0 Å². The van der Waals surface area contributed by atoms with Crippen LogP contribution in [0, 0.1) is 0 Å². The van der Waals surface area contributed by atoms with Crippen molar-refractivity contribution < 1.29 is 0 Å². The molecule has 0 radical (unpaired) electrons. The molecule has 1 aliphatic heterocycles. The molecular formula is C16H18N4. The summed E-state index contributed by atoms with van der Waals surface area (Å²) in [6.07, 6.45) is 0.855. The van der Waals surface area contributed by atoms with E-state index >= 15 is 0 Å². The number of hydrogen-bond donors (Lipinski definition) is 2. The minimum absolute atomic E-state index is 0.546. The fourth-order valence-corrected chi connectivity index (χ4v) is 2.58. The van der Waals surface area contributed by atoms with E-state index in [4.69, 9.17) is 11.5 Å². The smallest absolute Gasteiger partial charge is 0.129 e. The average molecular weight is 266 g/mol. The molecule has 4 nitrogen and oxygen atoms in total. The summed E-state index contributed by atoms with van der Waals surface area (Å²) in [7, 11) is 0. The summed E-state index contributed by atoms with van der Waals surface area (Å²) >= 11 is 0. The topological polar surface area (TPSA) is 67.6 Å². The molecule has 3 rings (SSSR count). The first-order valence-electron chi connectivity index (χ1n) is 6.76. The Bertz CT molecular complexity index is 648. The number of nitrogens with zero attached hydrogens (tertiary/aromatic N) is 2. The maximum atomic E-state index is 5.99. The molecule has 1 aliphatic rings. The lowest BCUT2D eigenvalue weighted by Gasteiger charge is -2.30. The third-order valence-electron chi connectivity index (χ3n) is 3.55. The summed E-state index contributed by atoms with van der Waals surface area (Å²) < 4.78 is 0. The lowest BCUT2D eigenvalue weighted by molar-refractivity contribution is 0.919. The van der Waals surface area contributed by atoms with Gasteiger partial charge < -0.3 is 16.4 Å². The molecular weight excluding hydrogens is 248 g/mol. The van der Waals surface area contributed by atoms with Gasteiger partial charge >= 0.3 is 0 Å². The molecule has 102 valence electrons. The highest BCUT2D eigenvalue weighted by molar-refractivity contribution is 6.04. The molecule has 1 heterocycles. The van der Waals surface area contributed by atoms with Gasteiger partial charge in [-0.05, 0) is 36.7 Å². The van der Waals surface area contributed by atoms with Gasteiger partial charge in [-0.15, -0.1) is 0 Å². The SMILES string of the molecule is NCCc1ccccc1N1CN=C(N)c2ccccc21. The first kappa shape index (κ1) is 12.7. The van der Waals surface area contributed by atoms with Gasteiger partial charge in [-0.2, -0.15) is 0 Å². The van der Waals surface area contributed by atoms with Crippen molar-refractivity contribution in [3.63, 3.8) is 0 Å². The molecule has 0 saturated heterocycles. The molecule has 0 unspecified atom stereocenters. The van der Waals surface area contributed by atoms with Gasteiger partial charge in [0.05, 0.1) is 5.69 Å². The number of anilines is 2. The number of nitrogens with two attached hydrogens (primary N) is 2. The molecule has 4 N–H and O–H groups in total. The maximum absolute atomic E-state index is 5.99. The molecule has 0 bridgehead atoms. The standard InChI is InChI=1S/C16H18N4/c17-10-9-12-5-1-3-7-14(12)20-11-19-16(18)13-6-2-4-8-15(13)20/h1-8H,9-11,17H2,(H2,18,19). The number of rotatable bonds is 3. The summed E-state index contributed by atoms with van der Waals surface area (Å²) in [6, 6.07) is 16.4. The first-order chi connectivity index (χ1) is 9.81. The fourth-order valence-electron chi connectivity index (χ4n) is 2.58. The minimum atomic E-state index is 0.546. The molecule has 2 aromatic carbocycles. The Labute approximate surface area is 118 Å². The monoisotopic (exact) mass is 266 g/mol. The van der Waals surface area contributed by atoms with Crippen LogP contribution in [0.1, 0.15) is 11.1 Å². The van der Waals surface area contributed by atoms with E-state index in [1.54, 1.807) is 0 Å². The molecule has 0 amide bonds. The minimum Gasteiger partial charge on any atom is -0.383 e. The molecule has 0 spiro atoms. The van der Waals surface area contributed by atoms with E-state index in [-0.39, 0.29) is 0 Å². The molecule has 0 saturated carbocycles. The second-order valence-corrected chi connectivity index (χ2v) is 4.80. The van der Waals surface area contributed by atoms with Gasteiger partial charge in [0.25, 0.3) is 0 Å². The fraction of sp³-hybridized carbons (Fsp3) is 0.188. The normalized spacial score (nSPS) is 13.8. The predicted molar refractivity (Wildman–Crippen MR) is 83.4 cm³/mol. The van der Waals surface area contributed by atoms with Crippen molar-refractivity contribution in [1.82, 2.24) is 0 Å². The van der Waals surface area contributed by atoms with Crippen LogP contribution in [0.2, 0.25) is 0 Å². The largest absolute Gasteiger partial charge is 0.383 e. The third kappa shape index (κ3) is 2.14. The number of para-hydroxylation sites is 2. The van der Waals surface area contributed by atoms with E-state index in [1.165, 1.54) is 5.56 Å². The number of amidine groups is 1. The van der Waals surface area contributed by atoms with Crippen LogP contribution in [0.3, 0.4) is 0 Å². The van der Waals surface area contributed by atoms with E-state index in [9.17, 15) is 0 Å². The number of aliphatic imine (C=N–C) groups is 1. The Kier molecular flexibility index (Phi) is 3.39. The predicted octanol–water partition coefficient (Wildman–Crippen LogP) is 2.00. The third-order valence-corrected chi connectivity index (χ3v) is 3.55. The van der Waals surface area contributed by atoms with Gasteiger partial charge in [-0.1, -0.05) is 30.3 Å². The van der Waals surface area contributed by atoms with E-state index < -0.39 is 0 Å². The Hall–Kier alpha value is -2.33. The highest BCUT2D eigenvalue weighted by Crippen LogP contribution is 2.33. The van der Waals surface area contributed by atoms with Crippen LogP contribution >= 0.6 is 0 Å². The van der Waals surface area contributed by atoms with Gasteiger partial charge in [0.15, 0.2) is 0 Å². The van der Waals surface area contributed by atoms with Crippen LogP contribution in [-0.2, 0) is 6.42 Å². The van der Waals surface area contributed by atoms with Crippen LogP contribution in [0.4, 0.5) is 11.4 Å². The van der Waals surface area contributed by atoms with Gasteiger partial charge in [-0.3, -0.25) is 0 Å². The van der Waals surface area contributed by atoms with Crippen molar-refractivity contribution in [2.75, 3.05) is 18.1 Å². The van der Waals surface area contributed by atoms with E-state index in [1.807, 2.05) is 30.3 Å². The Balaban J connectivity index is 2.08. The lowest BCUT2D eigenvalue weighted by Crippen LogP contribution is -2.30. The molecule has 0 atom stereocenters. The molecule has 0 fully saturated rings. The number of hydrogen-bond acceptors (Lipinski definition) is 4. The molecule has 2 aromatic rings. The van der Waals surface area contributed by atoms with Crippen molar-refractivity contribution in [2.24, 2.45) is 16.5 Å². The zero-order valence-corrected chi connectivity index (χ0v) is 11.3. The Morgan fingerprint density at radius 3 is 2.50 bits per heavy atom. The summed E-state index contributed by atoms with van der Waals surface area (Å²) in [5, 5.41) is 0. The summed E-state index contributed by atoms with van der Waals surface area (Å²) in [6.45, 7) is 1.18. The number of benzene rings is 2. The highest BCUT2D eigenvalue weighted by Gasteiger charge is 2.20. The van der Waals surface area contributed by atoms with Crippen LogP contribution in [-0.4, -0.2) is 19.0 Å². The van der Waals surface area contributed by atoms with Crippen molar-refractivity contribution in [3.05, 3.63) is 59.7 Å². The average Bonchev–Trinajstić information content (AvgIpc) is 2.49. The Morgan fingerprint density at radius 2 is 1.70 bits per heavy atom. The lowest BCUT2D eigenvalue weighted by atomic mass is 10.1.